The quantitative estimate of drug-likeness (QED) is 0.0255. The standard InChI is InChI=1S/C54H64NO5P/c1-37(2)17-15-18-38(3)47-29-30-48-46-28-27-40-36-42(31-33-53(40,4)49(46)32-34-54(47,48)5)60-52(57)51(50(56)39-19-16-20-41(35-39)55(58)59)61(43-21-9-6-10-22-43,44-23-11-7-12-24-44)45-25-13-8-14-26-45/h6-14,16,19-27,35,37-38,42,46-49H,15,17-18,28-34,36H2,1-5H3/t38-,42+,46-,47+,48-,49-,53-,54+/m0/s1. The highest BCUT2D eigenvalue weighted by Crippen LogP contribution is 2.67. The number of ketones is 1. The van der Waals surface area contributed by atoms with E-state index in [0.717, 1.165) is 58.8 Å². The maximum Gasteiger partial charge on any atom is 0.343 e. The van der Waals surface area contributed by atoms with Gasteiger partial charge in [-0.15, -0.1) is 0 Å². The molecule has 0 spiro atoms. The average Bonchev–Trinajstić information content (AvgIpc) is 3.63. The summed E-state index contributed by atoms with van der Waals surface area (Å²) in [5.41, 5.74) is 1.78. The second-order valence-electron chi connectivity index (χ2n) is 19.7. The first kappa shape index (κ1) is 43.1. The van der Waals surface area contributed by atoms with E-state index < -0.39 is 29.7 Å². The average molecular weight is 838 g/mol. The highest BCUT2D eigenvalue weighted by Gasteiger charge is 2.59. The van der Waals surface area contributed by atoms with Crippen LogP contribution < -0.4 is 15.9 Å². The Hall–Kier alpha value is -4.54. The lowest BCUT2D eigenvalue weighted by Crippen LogP contribution is -2.51. The summed E-state index contributed by atoms with van der Waals surface area (Å²) in [5.74, 6) is 3.25. The van der Waals surface area contributed by atoms with Crippen LogP contribution in [-0.4, -0.2) is 28.1 Å². The molecule has 0 aromatic heterocycles. The number of ether oxygens (including phenoxy) is 1. The third-order valence-corrected chi connectivity index (χ3v) is 20.3. The van der Waals surface area contributed by atoms with E-state index in [1.165, 1.54) is 68.7 Å². The zero-order chi connectivity index (χ0) is 42.9. The minimum absolute atomic E-state index is 0.0309. The van der Waals surface area contributed by atoms with Crippen molar-refractivity contribution in [3.05, 3.63) is 143 Å². The van der Waals surface area contributed by atoms with Crippen LogP contribution in [0.5, 0.6) is 0 Å². The lowest BCUT2D eigenvalue weighted by Gasteiger charge is -2.58. The molecular weight excluding hydrogens is 774 g/mol. The molecule has 0 bridgehead atoms. The highest BCUT2D eigenvalue weighted by molar-refractivity contribution is 7.97. The van der Waals surface area contributed by atoms with Crippen LogP contribution >= 0.6 is 6.89 Å². The fourth-order valence-corrected chi connectivity index (χ4v) is 17.3. The van der Waals surface area contributed by atoms with Crippen molar-refractivity contribution >= 4 is 45.5 Å². The maximum absolute atomic E-state index is 15.4. The summed E-state index contributed by atoms with van der Waals surface area (Å²) in [5, 5.41) is 14.5. The van der Waals surface area contributed by atoms with Crippen LogP contribution in [0.3, 0.4) is 0 Å². The number of carbonyl (C=O) groups is 2. The van der Waals surface area contributed by atoms with Crippen LogP contribution in [0.4, 0.5) is 5.69 Å². The molecule has 0 radical (unpaired) electrons. The molecule has 320 valence electrons. The number of nitro benzene ring substituents is 1. The summed E-state index contributed by atoms with van der Waals surface area (Å²) in [6, 6.07) is 35.1. The molecule has 0 aliphatic heterocycles. The van der Waals surface area contributed by atoms with Crippen molar-refractivity contribution in [3.63, 3.8) is 0 Å². The van der Waals surface area contributed by atoms with E-state index in [1.807, 2.05) is 91.0 Å². The van der Waals surface area contributed by atoms with Crippen molar-refractivity contribution in [2.75, 3.05) is 0 Å². The Labute approximate surface area is 363 Å². The number of nitro groups is 1. The zero-order valence-corrected chi connectivity index (χ0v) is 37.7. The molecule has 6 nitrogen and oxygen atoms in total. The van der Waals surface area contributed by atoms with Crippen molar-refractivity contribution < 1.29 is 19.2 Å². The third-order valence-electron chi connectivity index (χ3n) is 16.0. The van der Waals surface area contributed by atoms with Crippen LogP contribution in [0.1, 0.15) is 116 Å². The number of Topliss-reactive ketones (excluding diaryl/α,β-unsaturated/α-hetero) is 1. The first-order valence-corrected chi connectivity index (χ1v) is 24.8. The van der Waals surface area contributed by atoms with Crippen molar-refractivity contribution in [1.29, 1.82) is 0 Å². The second kappa shape index (κ2) is 17.7. The molecule has 0 N–H and O–H groups in total. The van der Waals surface area contributed by atoms with Crippen molar-refractivity contribution in [2.24, 2.45) is 46.3 Å². The molecule has 0 heterocycles. The summed E-state index contributed by atoms with van der Waals surface area (Å²) in [4.78, 5) is 42.2. The number of rotatable bonds is 13. The molecule has 0 amide bonds. The van der Waals surface area contributed by atoms with Crippen molar-refractivity contribution in [2.45, 2.75) is 111 Å². The van der Waals surface area contributed by atoms with Crippen LogP contribution in [0.2, 0.25) is 0 Å². The topological polar surface area (TPSA) is 86.5 Å². The van der Waals surface area contributed by atoms with Gasteiger partial charge in [0.2, 0.25) is 5.78 Å². The smallest absolute Gasteiger partial charge is 0.343 e. The van der Waals surface area contributed by atoms with Crippen molar-refractivity contribution in [1.82, 2.24) is 0 Å². The lowest BCUT2D eigenvalue weighted by atomic mass is 9.47. The molecule has 3 fully saturated rings. The van der Waals surface area contributed by atoms with Gasteiger partial charge in [-0.2, -0.15) is 0 Å². The number of nitrogens with zero attached hydrogens (tertiary/aromatic N) is 1. The molecule has 7 heteroatoms. The van der Waals surface area contributed by atoms with Gasteiger partial charge in [0.15, 0.2) is 0 Å². The number of carbonyl (C=O) groups excluding carboxylic acids is 2. The number of non-ortho nitro benzene ring substituents is 1. The van der Waals surface area contributed by atoms with E-state index in [-0.39, 0.29) is 22.0 Å². The van der Waals surface area contributed by atoms with Gasteiger partial charge in [0, 0.05) is 24.1 Å². The van der Waals surface area contributed by atoms with Crippen LogP contribution in [0.15, 0.2) is 127 Å². The summed E-state index contributed by atoms with van der Waals surface area (Å²) in [7, 11) is 0. The fraction of sp³-hybridized carbons (Fsp3) is 0.463. The molecule has 61 heavy (non-hydrogen) atoms. The van der Waals surface area contributed by atoms with Gasteiger partial charge in [-0.05, 0) is 114 Å². The molecular formula is C54H64NO5P. The normalized spacial score (nSPS) is 27.5. The van der Waals surface area contributed by atoms with Crippen LogP contribution in [0.25, 0.3) is 0 Å². The van der Waals surface area contributed by atoms with E-state index >= 15 is 9.59 Å². The Morgan fingerprint density at radius 2 is 1.39 bits per heavy atom. The molecule has 8 atom stereocenters. The molecule has 4 aromatic carbocycles. The maximum atomic E-state index is 15.4. The minimum atomic E-state index is -3.24. The molecule has 0 unspecified atom stereocenters. The minimum Gasteiger partial charge on any atom is -0.458 e. The lowest BCUT2D eigenvalue weighted by molar-refractivity contribution is -0.384. The van der Waals surface area contributed by atoms with Gasteiger partial charge < -0.3 is 4.74 Å². The van der Waals surface area contributed by atoms with E-state index in [2.05, 4.69) is 40.7 Å². The monoisotopic (exact) mass is 837 g/mol. The Morgan fingerprint density at radius 3 is 1.98 bits per heavy atom. The number of hydrogen-bond acceptors (Lipinski definition) is 5. The highest BCUT2D eigenvalue weighted by atomic mass is 31.2. The number of hydrogen-bond donors (Lipinski definition) is 0. The molecule has 3 saturated carbocycles. The first-order valence-electron chi connectivity index (χ1n) is 23.0. The van der Waals surface area contributed by atoms with Gasteiger partial charge in [-0.3, -0.25) is 14.9 Å². The van der Waals surface area contributed by atoms with Gasteiger partial charge in [-0.25, -0.2) is 4.79 Å². The molecule has 4 aliphatic carbocycles. The third kappa shape index (κ3) is 7.92. The Balaban J connectivity index is 1.15. The van der Waals surface area contributed by atoms with E-state index in [1.54, 1.807) is 6.07 Å². The Bertz CT molecular complexity index is 2220. The van der Waals surface area contributed by atoms with E-state index in [9.17, 15) is 10.1 Å². The first-order chi connectivity index (χ1) is 29.4. The van der Waals surface area contributed by atoms with Gasteiger partial charge in [0.05, 0.1) is 4.92 Å². The summed E-state index contributed by atoms with van der Waals surface area (Å²) in [6.45, 7) is 9.13. The number of allylic oxidation sites excluding steroid dienone is 1. The van der Waals surface area contributed by atoms with Crippen LogP contribution in [0, 0.1) is 56.5 Å². The summed E-state index contributed by atoms with van der Waals surface area (Å²) in [6.07, 6.45) is 14.9. The number of fused-ring (bicyclic) bond motifs is 5. The number of benzene rings is 4. The van der Waals surface area contributed by atoms with Crippen LogP contribution in [-0.2, 0) is 9.53 Å². The van der Waals surface area contributed by atoms with Gasteiger partial charge in [0.25, 0.3) is 5.69 Å². The number of esters is 1. The van der Waals surface area contributed by atoms with Crippen molar-refractivity contribution in [3.8, 4) is 0 Å². The Kier molecular flexibility index (Phi) is 12.5. The zero-order valence-electron chi connectivity index (χ0n) is 36.8. The molecule has 0 saturated heterocycles. The van der Waals surface area contributed by atoms with Gasteiger partial charge in [0.1, 0.15) is 11.4 Å². The summed E-state index contributed by atoms with van der Waals surface area (Å²) < 4.78 is 6.70. The van der Waals surface area contributed by atoms with Gasteiger partial charge >= 0.3 is 5.97 Å². The van der Waals surface area contributed by atoms with E-state index in [4.69, 9.17) is 4.74 Å². The fourth-order valence-electron chi connectivity index (χ4n) is 13.0. The molecule has 8 rings (SSSR count). The molecule has 4 aliphatic rings. The molecule has 4 aromatic rings. The second-order valence-corrected chi connectivity index (χ2v) is 23.1. The SMILES string of the molecule is CC(C)CCC[C@H](C)[C@H]1CC[C@H]2[C@@H]3CC=C4C[C@H](OC(=O)C(C(=O)c5cccc([N+](=O)[O-])c5)=P(c5ccccc5)(c5ccccc5)c5ccccc5)CC[C@]4(C)[C@H]3CC[C@]12C. The van der Waals surface area contributed by atoms with Gasteiger partial charge in [-0.1, -0.05) is 169 Å². The largest absolute Gasteiger partial charge is 0.458 e. The predicted molar refractivity (Wildman–Crippen MR) is 251 cm³/mol. The van der Waals surface area contributed by atoms with E-state index in [0.29, 0.717) is 23.7 Å². The summed E-state index contributed by atoms with van der Waals surface area (Å²) >= 11 is 0. The Morgan fingerprint density at radius 1 is 0.770 bits per heavy atom. The predicted octanol–water partition coefficient (Wildman–Crippen LogP) is 11.9.